The fourth-order valence-electron chi connectivity index (χ4n) is 4.26. The molecule has 7 heteroatoms. The van der Waals surface area contributed by atoms with Crippen molar-refractivity contribution < 1.29 is 13.9 Å². The second-order valence-corrected chi connectivity index (χ2v) is 8.19. The number of rotatable bonds is 4. The van der Waals surface area contributed by atoms with Crippen LogP contribution in [-0.2, 0) is 24.0 Å². The Bertz CT molecular complexity index is 1120. The molecule has 0 fully saturated rings. The molecule has 0 saturated carbocycles. The van der Waals surface area contributed by atoms with Crippen LogP contribution >= 0.6 is 0 Å². The van der Waals surface area contributed by atoms with Gasteiger partial charge in [0, 0.05) is 36.6 Å². The van der Waals surface area contributed by atoms with E-state index in [1.54, 1.807) is 12.4 Å². The van der Waals surface area contributed by atoms with Crippen molar-refractivity contribution in [3.8, 4) is 5.75 Å². The summed E-state index contributed by atoms with van der Waals surface area (Å²) in [6.45, 7) is 5.35. The van der Waals surface area contributed by atoms with Gasteiger partial charge in [-0.05, 0) is 43.5 Å². The first-order valence-corrected chi connectivity index (χ1v) is 9.96. The number of aromatic nitrogens is 4. The first-order chi connectivity index (χ1) is 14.0. The van der Waals surface area contributed by atoms with Crippen LogP contribution < -0.4 is 4.74 Å². The molecule has 0 atom stereocenters. The number of benzene rings is 1. The lowest BCUT2D eigenvalue weighted by Crippen LogP contribution is -2.28. The highest BCUT2D eigenvalue weighted by Crippen LogP contribution is 2.33. The molecule has 5 rings (SSSR count). The van der Waals surface area contributed by atoms with Crippen molar-refractivity contribution in [2.24, 2.45) is 0 Å². The van der Waals surface area contributed by atoms with Gasteiger partial charge in [0.15, 0.2) is 5.65 Å². The molecule has 29 heavy (non-hydrogen) atoms. The molecule has 0 spiro atoms. The van der Waals surface area contributed by atoms with Crippen LogP contribution in [0.3, 0.4) is 0 Å². The number of hydrogen-bond acceptors (Lipinski definition) is 5. The van der Waals surface area contributed by atoms with Crippen LogP contribution in [-0.4, -0.2) is 38.4 Å². The van der Waals surface area contributed by atoms with Crippen molar-refractivity contribution in [3.63, 3.8) is 0 Å². The van der Waals surface area contributed by atoms with Gasteiger partial charge in [-0.1, -0.05) is 6.08 Å². The summed E-state index contributed by atoms with van der Waals surface area (Å²) in [5.41, 5.74) is 4.41. The SMILES string of the molecule is CC1(C)CC(c2cnc(CCc3c(F)ccc4c3CCO4)n3cnnc23)=CCO1. The van der Waals surface area contributed by atoms with E-state index in [0.29, 0.717) is 26.1 Å². The number of fused-ring (bicyclic) bond motifs is 2. The summed E-state index contributed by atoms with van der Waals surface area (Å²) in [5, 5.41) is 8.43. The average Bonchev–Trinajstić information content (AvgIpc) is 3.36. The first kappa shape index (κ1) is 18.2. The lowest BCUT2D eigenvalue weighted by atomic mass is 9.92. The molecule has 1 aromatic carbocycles. The Balaban J connectivity index is 1.46. The van der Waals surface area contributed by atoms with Crippen molar-refractivity contribution in [2.75, 3.05) is 13.2 Å². The number of ether oxygens (including phenoxy) is 2. The standard InChI is InChI=1S/C22H23FN4O2/c1-22(2)11-14(7-10-29-22)17-12-24-20(27-13-25-26-21(17)27)6-3-15-16-8-9-28-19(16)5-4-18(15)23/h4-5,7,12-13H,3,6,8-11H2,1-2H3. The van der Waals surface area contributed by atoms with E-state index in [1.165, 1.54) is 11.6 Å². The molecule has 6 nitrogen and oxygen atoms in total. The normalized spacial score (nSPS) is 17.8. The molecule has 0 saturated heterocycles. The third-order valence-corrected chi connectivity index (χ3v) is 5.71. The van der Waals surface area contributed by atoms with Gasteiger partial charge in [0.2, 0.25) is 0 Å². The summed E-state index contributed by atoms with van der Waals surface area (Å²) in [6, 6.07) is 3.21. The van der Waals surface area contributed by atoms with Gasteiger partial charge in [-0.15, -0.1) is 10.2 Å². The van der Waals surface area contributed by atoms with Gasteiger partial charge in [-0.3, -0.25) is 4.40 Å². The highest BCUT2D eigenvalue weighted by Gasteiger charge is 2.26. The van der Waals surface area contributed by atoms with Gasteiger partial charge >= 0.3 is 0 Å². The lowest BCUT2D eigenvalue weighted by Gasteiger charge is -2.30. The third kappa shape index (κ3) is 3.29. The number of nitrogens with zero attached hydrogens (tertiary/aromatic N) is 4. The Morgan fingerprint density at radius 2 is 2.14 bits per heavy atom. The van der Waals surface area contributed by atoms with E-state index in [1.807, 2.05) is 10.6 Å². The fourth-order valence-corrected chi connectivity index (χ4v) is 4.26. The van der Waals surface area contributed by atoms with Gasteiger partial charge in [-0.2, -0.15) is 0 Å². The Morgan fingerprint density at radius 1 is 1.24 bits per heavy atom. The molecule has 150 valence electrons. The molecule has 0 amide bonds. The van der Waals surface area contributed by atoms with Crippen LogP contribution in [0.5, 0.6) is 5.75 Å². The van der Waals surface area contributed by atoms with Gasteiger partial charge in [-0.25, -0.2) is 9.37 Å². The van der Waals surface area contributed by atoms with Gasteiger partial charge in [0.25, 0.3) is 0 Å². The van der Waals surface area contributed by atoms with E-state index < -0.39 is 0 Å². The molecule has 2 aliphatic heterocycles. The molecule has 0 unspecified atom stereocenters. The van der Waals surface area contributed by atoms with E-state index in [2.05, 4.69) is 35.1 Å². The van der Waals surface area contributed by atoms with E-state index in [9.17, 15) is 4.39 Å². The molecular formula is C22H23FN4O2. The molecule has 0 N–H and O–H groups in total. The largest absolute Gasteiger partial charge is 0.493 e. The van der Waals surface area contributed by atoms with Crippen molar-refractivity contribution >= 4 is 11.2 Å². The van der Waals surface area contributed by atoms with Gasteiger partial charge in [0.05, 0.1) is 18.8 Å². The maximum Gasteiger partial charge on any atom is 0.171 e. The average molecular weight is 394 g/mol. The number of halogens is 1. The molecule has 4 heterocycles. The Morgan fingerprint density at radius 3 is 3.00 bits per heavy atom. The van der Waals surface area contributed by atoms with Crippen LogP contribution in [0.4, 0.5) is 4.39 Å². The number of aryl methyl sites for hydroxylation is 1. The highest BCUT2D eigenvalue weighted by atomic mass is 19.1. The first-order valence-electron chi connectivity index (χ1n) is 9.96. The molecule has 0 bridgehead atoms. The Hall–Kier alpha value is -2.80. The Kier molecular flexibility index (Phi) is 4.35. The fraction of sp³-hybridized carbons (Fsp3) is 0.409. The summed E-state index contributed by atoms with van der Waals surface area (Å²) in [4.78, 5) is 4.69. The molecule has 3 aromatic rings. The number of hydrogen-bond donors (Lipinski definition) is 0. The van der Waals surface area contributed by atoms with E-state index in [4.69, 9.17) is 9.47 Å². The maximum atomic E-state index is 14.5. The second kappa shape index (κ2) is 6.91. The van der Waals surface area contributed by atoms with Crippen molar-refractivity contribution in [1.29, 1.82) is 0 Å². The summed E-state index contributed by atoms with van der Waals surface area (Å²) >= 11 is 0. The Labute approximate surface area is 168 Å². The zero-order valence-electron chi connectivity index (χ0n) is 16.6. The quantitative estimate of drug-likeness (QED) is 0.677. The smallest absolute Gasteiger partial charge is 0.171 e. The van der Waals surface area contributed by atoms with Crippen molar-refractivity contribution in [3.05, 3.63) is 59.1 Å². The molecule has 0 aliphatic carbocycles. The molecule has 0 radical (unpaired) electrons. The monoisotopic (exact) mass is 394 g/mol. The van der Waals surface area contributed by atoms with Gasteiger partial charge in [0.1, 0.15) is 23.7 Å². The third-order valence-electron chi connectivity index (χ3n) is 5.71. The minimum absolute atomic E-state index is 0.180. The molecule has 2 aliphatic rings. The zero-order valence-corrected chi connectivity index (χ0v) is 16.6. The van der Waals surface area contributed by atoms with E-state index in [-0.39, 0.29) is 11.4 Å². The second-order valence-electron chi connectivity index (χ2n) is 8.19. The minimum atomic E-state index is -0.215. The van der Waals surface area contributed by atoms with Gasteiger partial charge < -0.3 is 9.47 Å². The van der Waals surface area contributed by atoms with Crippen LogP contribution in [0.1, 0.15) is 42.8 Å². The summed E-state index contributed by atoms with van der Waals surface area (Å²) in [6.07, 6.45) is 8.32. The molecule has 2 aromatic heterocycles. The topological polar surface area (TPSA) is 61.5 Å². The minimum Gasteiger partial charge on any atom is -0.493 e. The van der Waals surface area contributed by atoms with Crippen molar-refractivity contribution in [1.82, 2.24) is 19.6 Å². The van der Waals surface area contributed by atoms with Crippen LogP contribution in [0.25, 0.3) is 11.2 Å². The van der Waals surface area contributed by atoms with Crippen molar-refractivity contribution in [2.45, 2.75) is 45.1 Å². The van der Waals surface area contributed by atoms with Crippen LogP contribution in [0.15, 0.2) is 30.7 Å². The van der Waals surface area contributed by atoms with E-state index >= 15 is 0 Å². The highest BCUT2D eigenvalue weighted by molar-refractivity contribution is 5.76. The lowest BCUT2D eigenvalue weighted by molar-refractivity contribution is -0.00297. The zero-order chi connectivity index (χ0) is 20.0. The van der Waals surface area contributed by atoms with Crippen LogP contribution in [0.2, 0.25) is 0 Å². The predicted octanol–water partition coefficient (Wildman–Crippen LogP) is 3.57. The summed E-state index contributed by atoms with van der Waals surface area (Å²) in [7, 11) is 0. The maximum absolute atomic E-state index is 14.5. The van der Waals surface area contributed by atoms with E-state index in [0.717, 1.165) is 46.8 Å². The molecular weight excluding hydrogens is 371 g/mol. The summed E-state index contributed by atoms with van der Waals surface area (Å²) < 4.78 is 27.7. The van der Waals surface area contributed by atoms with Crippen LogP contribution in [0, 0.1) is 5.82 Å². The summed E-state index contributed by atoms with van der Waals surface area (Å²) in [5.74, 6) is 1.44. The predicted molar refractivity (Wildman–Crippen MR) is 106 cm³/mol.